The van der Waals surface area contributed by atoms with Crippen molar-refractivity contribution in [1.29, 1.82) is 5.26 Å². The molecule has 0 aliphatic heterocycles. The maximum Gasteiger partial charge on any atom is 0.219 e. The van der Waals surface area contributed by atoms with E-state index in [1.54, 1.807) is 24.5 Å². The SMILES string of the molecule is C#CCCC(C)Nc1nc(-c2cnc(N)nc2)ccc1C#N.CC.CC.CC.CCC(C)C=NC. The second-order valence-corrected chi connectivity index (χ2v) is 6.62. The van der Waals surface area contributed by atoms with Gasteiger partial charge in [-0.2, -0.15) is 5.26 Å². The number of anilines is 2. The lowest BCUT2D eigenvalue weighted by Crippen LogP contribution is -2.16. The van der Waals surface area contributed by atoms with Crippen molar-refractivity contribution in [1.82, 2.24) is 15.0 Å². The van der Waals surface area contributed by atoms with Crippen molar-refractivity contribution < 1.29 is 0 Å². The molecule has 0 bridgehead atoms. The standard InChI is InChI=1S/C16H16N6.C6H13N.3C2H6/c1-3-4-5-11(2)21-15-12(8-17)6-7-14(22-15)13-9-19-16(18)20-10-13;1-4-6(2)5-7-3;3*1-2/h1,6-7,9-11H,4-5H2,2H3,(H,21,22)(H2,18,19,20);5-6H,4H2,1-3H3;3*1-2H3. The number of aliphatic imine (C=N–C) groups is 1. The van der Waals surface area contributed by atoms with E-state index in [0.29, 0.717) is 29.4 Å². The smallest absolute Gasteiger partial charge is 0.219 e. The van der Waals surface area contributed by atoms with Crippen LogP contribution in [0.2, 0.25) is 0 Å². The first-order valence-corrected chi connectivity index (χ1v) is 12.6. The minimum absolute atomic E-state index is 0.119. The molecule has 7 heteroatoms. The average Bonchev–Trinajstić information content (AvgIpc) is 2.91. The number of hydrogen-bond donors (Lipinski definition) is 2. The average molecular weight is 482 g/mol. The van der Waals surface area contributed by atoms with Crippen molar-refractivity contribution in [3.63, 3.8) is 0 Å². The molecule has 2 aromatic heterocycles. The fraction of sp³-hybridized carbons (Fsp3) is 0.536. The summed E-state index contributed by atoms with van der Waals surface area (Å²) in [7, 11) is 1.81. The summed E-state index contributed by atoms with van der Waals surface area (Å²) < 4.78 is 0. The Kier molecular flexibility index (Phi) is 26.0. The Hall–Kier alpha value is -3.45. The van der Waals surface area contributed by atoms with Gasteiger partial charge in [-0.05, 0) is 37.8 Å². The van der Waals surface area contributed by atoms with Gasteiger partial charge in [0.05, 0.1) is 11.3 Å². The maximum absolute atomic E-state index is 9.20. The minimum Gasteiger partial charge on any atom is -0.368 e. The monoisotopic (exact) mass is 481 g/mol. The third kappa shape index (κ3) is 16.8. The highest BCUT2D eigenvalue weighted by Gasteiger charge is 2.10. The molecule has 2 aromatic rings. The number of aromatic nitrogens is 3. The van der Waals surface area contributed by atoms with E-state index < -0.39 is 0 Å². The summed E-state index contributed by atoms with van der Waals surface area (Å²) in [5.41, 5.74) is 7.36. The minimum atomic E-state index is 0.119. The van der Waals surface area contributed by atoms with Crippen LogP contribution in [0.5, 0.6) is 0 Å². The van der Waals surface area contributed by atoms with Crippen LogP contribution in [0.25, 0.3) is 11.3 Å². The Morgan fingerprint density at radius 1 is 1.11 bits per heavy atom. The predicted octanol–water partition coefficient (Wildman–Crippen LogP) is 7.02. The van der Waals surface area contributed by atoms with Crippen LogP contribution in [0.3, 0.4) is 0 Å². The molecule has 7 nitrogen and oxygen atoms in total. The van der Waals surface area contributed by atoms with Crippen molar-refractivity contribution in [2.75, 3.05) is 18.1 Å². The molecule has 2 heterocycles. The number of nitriles is 1. The number of hydrogen-bond acceptors (Lipinski definition) is 7. The normalized spacial score (nSPS) is 10.6. The zero-order valence-electron chi connectivity index (χ0n) is 23.6. The van der Waals surface area contributed by atoms with E-state index in [4.69, 9.17) is 12.2 Å². The largest absolute Gasteiger partial charge is 0.368 e. The Labute approximate surface area is 214 Å². The summed E-state index contributed by atoms with van der Waals surface area (Å²) in [5, 5.41) is 12.4. The van der Waals surface area contributed by atoms with Crippen molar-refractivity contribution in [3.05, 3.63) is 30.1 Å². The van der Waals surface area contributed by atoms with Crippen molar-refractivity contribution in [2.45, 2.75) is 87.6 Å². The summed E-state index contributed by atoms with van der Waals surface area (Å²) in [6.07, 6.45) is 13.1. The molecular weight excluding hydrogens is 434 g/mol. The van der Waals surface area contributed by atoms with Crippen molar-refractivity contribution in [3.8, 4) is 29.7 Å². The van der Waals surface area contributed by atoms with Gasteiger partial charge in [0.25, 0.3) is 0 Å². The van der Waals surface area contributed by atoms with Crippen LogP contribution < -0.4 is 11.1 Å². The van der Waals surface area contributed by atoms with Gasteiger partial charge < -0.3 is 16.0 Å². The second kappa shape index (κ2) is 25.2. The van der Waals surface area contributed by atoms with Crippen LogP contribution in [0.1, 0.15) is 87.1 Å². The first kappa shape index (κ1) is 36.1. The maximum atomic E-state index is 9.20. The molecule has 3 N–H and O–H groups in total. The third-order valence-electron chi connectivity index (χ3n) is 4.14. The summed E-state index contributed by atoms with van der Waals surface area (Å²) >= 11 is 0. The molecule has 0 saturated heterocycles. The Morgan fingerprint density at radius 3 is 2.11 bits per heavy atom. The van der Waals surface area contributed by atoms with Crippen molar-refractivity contribution >= 4 is 18.0 Å². The van der Waals surface area contributed by atoms with Crippen LogP contribution in [-0.2, 0) is 0 Å². The lowest BCUT2D eigenvalue weighted by atomic mass is 10.1. The molecule has 35 heavy (non-hydrogen) atoms. The number of terminal acetylenes is 1. The highest BCUT2D eigenvalue weighted by atomic mass is 15.0. The fourth-order valence-corrected chi connectivity index (χ4v) is 2.26. The Morgan fingerprint density at radius 2 is 1.69 bits per heavy atom. The molecule has 0 aliphatic rings. The van der Waals surface area contributed by atoms with Gasteiger partial charge in [-0.15, -0.1) is 12.3 Å². The Bertz CT molecular complexity index is 862. The zero-order chi connectivity index (χ0) is 27.6. The number of rotatable bonds is 7. The van der Waals surface area contributed by atoms with E-state index in [1.807, 2.05) is 61.7 Å². The van der Waals surface area contributed by atoms with Gasteiger partial charge in [0, 0.05) is 43.7 Å². The fourth-order valence-electron chi connectivity index (χ4n) is 2.26. The van der Waals surface area contributed by atoms with E-state index in [2.05, 4.69) is 51.1 Å². The number of nitrogens with two attached hydrogens (primary N) is 1. The molecule has 2 rings (SSSR count). The molecule has 0 saturated carbocycles. The molecule has 0 aromatic carbocycles. The van der Waals surface area contributed by atoms with E-state index in [9.17, 15) is 5.26 Å². The molecule has 0 radical (unpaired) electrons. The lowest BCUT2D eigenvalue weighted by Gasteiger charge is -2.15. The number of nitrogens with one attached hydrogen (secondary N) is 1. The molecule has 2 atom stereocenters. The van der Waals surface area contributed by atoms with Crippen LogP contribution in [-0.4, -0.2) is 34.3 Å². The van der Waals surface area contributed by atoms with E-state index in [-0.39, 0.29) is 12.0 Å². The lowest BCUT2D eigenvalue weighted by molar-refractivity contribution is 0.723. The van der Waals surface area contributed by atoms with Gasteiger partial charge in [0.2, 0.25) is 5.95 Å². The molecule has 0 amide bonds. The first-order valence-electron chi connectivity index (χ1n) is 12.6. The topological polar surface area (TPSA) is 113 Å². The van der Waals surface area contributed by atoms with E-state index in [0.717, 1.165) is 12.0 Å². The van der Waals surface area contributed by atoms with Crippen LogP contribution >= 0.6 is 0 Å². The van der Waals surface area contributed by atoms with Gasteiger partial charge in [0.1, 0.15) is 11.9 Å². The van der Waals surface area contributed by atoms with Crippen LogP contribution in [0.4, 0.5) is 11.8 Å². The summed E-state index contributed by atoms with van der Waals surface area (Å²) in [4.78, 5) is 16.3. The van der Waals surface area contributed by atoms with Crippen LogP contribution in [0, 0.1) is 29.6 Å². The summed E-state index contributed by atoms with van der Waals surface area (Å²) in [6.45, 7) is 18.3. The highest BCUT2D eigenvalue weighted by molar-refractivity contribution is 5.64. The second-order valence-electron chi connectivity index (χ2n) is 6.62. The third-order valence-corrected chi connectivity index (χ3v) is 4.14. The molecular formula is C28H47N7. The number of nitrogens with zero attached hydrogens (tertiary/aromatic N) is 5. The van der Waals surface area contributed by atoms with E-state index >= 15 is 0 Å². The highest BCUT2D eigenvalue weighted by Crippen LogP contribution is 2.21. The Balaban J connectivity index is -0.000000664. The molecule has 194 valence electrons. The van der Waals surface area contributed by atoms with Crippen LogP contribution in [0.15, 0.2) is 29.5 Å². The van der Waals surface area contributed by atoms with Gasteiger partial charge in [-0.1, -0.05) is 55.4 Å². The molecule has 2 unspecified atom stereocenters. The molecule has 0 aliphatic carbocycles. The number of nitrogen functional groups attached to an aromatic ring is 1. The van der Waals surface area contributed by atoms with E-state index in [1.165, 1.54) is 6.42 Å². The number of pyridine rings is 1. The quantitative estimate of drug-likeness (QED) is 0.324. The van der Waals surface area contributed by atoms with Gasteiger partial charge in [-0.25, -0.2) is 15.0 Å². The summed E-state index contributed by atoms with van der Waals surface area (Å²) in [6, 6.07) is 5.72. The van der Waals surface area contributed by atoms with Crippen molar-refractivity contribution in [2.24, 2.45) is 10.9 Å². The summed E-state index contributed by atoms with van der Waals surface area (Å²) in [5.74, 6) is 4.00. The molecule has 0 spiro atoms. The zero-order valence-corrected chi connectivity index (χ0v) is 23.6. The van der Waals surface area contributed by atoms with Gasteiger partial charge in [0.15, 0.2) is 0 Å². The molecule has 0 fully saturated rings. The first-order chi connectivity index (χ1) is 16.9. The van der Waals surface area contributed by atoms with Gasteiger partial charge >= 0.3 is 0 Å². The predicted molar refractivity (Wildman–Crippen MR) is 153 cm³/mol. The van der Waals surface area contributed by atoms with Gasteiger partial charge in [-0.3, -0.25) is 0 Å².